The largest absolute Gasteiger partial charge is 0.462 e. The molecular formula is C56H84O6. The van der Waals surface area contributed by atoms with Crippen molar-refractivity contribution >= 4 is 17.9 Å². The number of esters is 3. The van der Waals surface area contributed by atoms with Crippen molar-refractivity contribution in [1.29, 1.82) is 0 Å². The summed E-state index contributed by atoms with van der Waals surface area (Å²) in [5, 5.41) is 0. The number of hydrogen-bond acceptors (Lipinski definition) is 6. The third kappa shape index (κ3) is 46.4. The second-order valence-corrected chi connectivity index (χ2v) is 15.2. The minimum atomic E-state index is -0.830. The Labute approximate surface area is 378 Å². The van der Waals surface area contributed by atoms with Crippen LogP contribution in [-0.4, -0.2) is 37.2 Å². The Morgan fingerprint density at radius 2 is 0.629 bits per heavy atom. The van der Waals surface area contributed by atoms with Gasteiger partial charge in [-0.3, -0.25) is 14.4 Å². The van der Waals surface area contributed by atoms with Crippen molar-refractivity contribution < 1.29 is 28.6 Å². The molecule has 0 aliphatic heterocycles. The minimum Gasteiger partial charge on any atom is -0.462 e. The lowest BCUT2D eigenvalue weighted by Crippen LogP contribution is -2.30. The van der Waals surface area contributed by atoms with E-state index in [4.69, 9.17) is 14.2 Å². The van der Waals surface area contributed by atoms with E-state index in [9.17, 15) is 14.4 Å². The van der Waals surface area contributed by atoms with Crippen LogP contribution in [0.4, 0.5) is 0 Å². The first-order valence-electron chi connectivity index (χ1n) is 24.0. The molecule has 0 aliphatic carbocycles. The van der Waals surface area contributed by atoms with Crippen LogP contribution >= 0.6 is 0 Å². The fourth-order valence-electron chi connectivity index (χ4n) is 5.77. The van der Waals surface area contributed by atoms with Crippen LogP contribution in [0.2, 0.25) is 0 Å². The van der Waals surface area contributed by atoms with E-state index in [0.29, 0.717) is 19.3 Å². The number of carbonyl (C=O) groups is 3. The molecule has 1 unspecified atom stereocenters. The molecule has 6 heteroatoms. The number of hydrogen-bond donors (Lipinski definition) is 0. The van der Waals surface area contributed by atoms with Gasteiger partial charge in [0.1, 0.15) is 13.2 Å². The fourth-order valence-corrected chi connectivity index (χ4v) is 5.77. The smallest absolute Gasteiger partial charge is 0.306 e. The molecule has 0 saturated heterocycles. The Hall–Kier alpha value is -4.71. The number of ether oxygens (including phenoxy) is 3. The van der Waals surface area contributed by atoms with E-state index in [2.05, 4.69) is 93.7 Å². The van der Waals surface area contributed by atoms with Crippen LogP contribution in [-0.2, 0) is 28.6 Å². The maximum atomic E-state index is 12.7. The molecule has 0 fully saturated rings. The van der Waals surface area contributed by atoms with Gasteiger partial charge in [-0.25, -0.2) is 0 Å². The Bertz CT molecular complexity index is 1440. The van der Waals surface area contributed by atoms with Gasteiger partial charge in [0.15, 0.2) is 6.10 Å². The zero-order valence-electron chi connectivity index (χ0n) is 39.1. The first-order chi connectivity index (χ1) is 30.5. The molecule has 62 heavy (non-hydrogen) atoms. The monoisotopic (exact) mass is 853 g/mol. The molecule has 0 radical (unpaired) electrons. The molecule has 0 aromatic heterocycles. The van der Waals surface area contributed by atoms with E-state index >= 15 is 0 Å². The molecule has 0 saturated carbocycles. The minimum absolute atomic E-state index is 0.126. The average Bonchev–Trinajstić information content (AvgIpc) is 3.27. The van der Waals surface area contributed by atoms with Crippen LogP contribution in [0.5, 0.6) is 0 Å². The Balaban J connectivity index is 4.58. The summed E-state index contributed by atoms with van der Waals surface area (Å²) in [5.74, 6) is -1.04. The van der Waals surface area contributed by atoms with E-state index in [1.165, 1.54) is 19.3 Å². The SMILES string of the molecule is CC/C=C/C=C/C=C/C=C/CCCCCC(=O)OCC(COC(=O)CCCCCCC/C=C/C=C/C=C/C=C/CCCCC)OC(=O)CCCCC/C=C/C=C/C=C/C=C/CC. The van der Waals surface area contributed by atoms with Gasteiger partial charge in [-0.05, 0) is 83.5 Å². The van der Waals surface area contributed by atoms with Crippen LogP contribution in [0.15, 0.2) is 146 Å². The van der Waals surface area contributed by atoms with Gasteiger partial charge in [-0.15, -0.1) is 0 Å². The van der Waals surface area contributed by atoms with E-state index in [-0.39, 0.29) is 37.5 Å². The predicted molar refractivity (Wildman–Crippen MR) is 265 cm³/mol. The molecule has 0 rings (SSSR count). The third-order valence-electron chi connectivity index (χ3n) is 9.34. The molecule has 0 heterocycles. The second kappa shape index (κ2) is 49.0. The molecule has 0 aliphatic rings. The highest BCUT2D eigenvalue weighted by molar-refractivity contribution is 5.71. The summed E-state index contributed by atoms with van der Waals surface area (Å²) in [4.78, 5) is 37.9. The molecule has 0 aromatic carbocycles. The summed E-state index contributed by atoms with van der Waals surface area (Å²) in [6.45, 7) is 6.19. The van der Waals surface area contributed by atoms with Crippen molar-refractivity contribution in [2.75, 3.05) is 13.2 Å². The topological polar surface area (TPSA) is 78.9 Å². The lowest BCUT2D eigenvalue weighted by Gasteiger charge is -2.18. The van der Waals surface area contributed by atoms with Crippen LogP contribution in [0, 0.1) is 0 Å². The Kier molecular flexibility index (Phi) is 45.2. The van der Waals surface area contributed by atoms with E-state index in [0.717, 1.165) is 103 Å². The first-order valence-corrected chi connectivity index (χ1v) is 24.0. The Morgan fingerprint density at radius 1 is 0.339 bits per heavy atom. The quantitative estimate of drug-likeness (QED) is 0.0264. The lowest BCUT2D eigenvalue weighted by atomic mass is 10.1. The number of unbranched alkanes of at least 4 members (excludes halogenated alkanes) is 14. The van der Waals surface area contributed by atoms with Gasteiger partial charge in [-0.1, -0.05) is 212 Å². The lowest BCUT2D eigenvalue weighted by molar-refractivity contribution is -0.167. The highest BCUT2D eigenvalue weighted by Gasteiger charge is 2.19. The third-order valence-corrected chi connectivity index (χ3v) is 9.34. The normalized spacial score (nSPS) is 13.4. The van der Waals surface area contributed by atoms with Crippen LogP contribution in [0.1, 0.15) is 168 Å². The maximum absolute atomic E-state index is 12.7. The molecule has 0 amide bonds. The van der Waals surface area contributed by atoms with E-state index in [1.54, 1.807) is 0 Å². The summed E-state index contributed by atoms with van der Waals surface area (Å²) < 4.78 is 16.7. The van der Waals surface area contributed by atoms with Crippen LogP contribution in [0.25, 0.3) is 0 Å². The summed E-state index contributed by atoms with van der Waals surface area (Å²) in [6, 6.07) is 0. The second-order valence-electron chi connectivity index (χ2n) is 15.2. The predicted octanol–water partition coefficient (Wildman–Crippen LogP) is 15.7. The molecule has 0 bridgehead atoms. The van der Waals surface area contributed by atoms with Crippen molar-refractivity contribution in [3.05, 3.63) is 146 Å². The zero-order valence-corrected chi connectivity index (χ0v) is 39.1. The maximum Gasteiger partial charge on any atom is 0.306 e. The molecule has 344 valence electrons. The van der Waals surface area contributed by atoms with Gasteiger partial charge < -0.3 is 14.2 Å². The molecule has 0 spiro atoms. The van der Waals surface area contributed by atoms with Crippen LogP contribution < -0.4 is 0 Å². The Morgan fingerprint density at radius 3 is 1.00 bits per heavy atom. The van der Waals surface area contributed by atoms with Crippen molar-refractivity contribution in [3.63, 3.8) is 0 Å². The molecule has 6 nitrogen and oxygen atoms in total. The van der Waals surface area contributed by atoms with Crippen molar-refractivity contribution in [2.45, 2.75) is 175 Å². The van der Waals surface area contributed by atoms with Gasteiger partial charge in [0.05, 0.1) is 0 Å². The molecular weight excluding hydrogens is 769 g/mol. The summed E-state index contributed by atoms with van der Waals surface area (Å²) in [5.41, 5.74) is 0. The molecule has 1 atom stereocenters. The van der Waals surface area contributed by atoms with Gasteiger partial charge in [0, 0.05) is 19.3 Å². The number of rotatable bonds is 40. The summed E-state index contributed by atoms with van der Waals surface area (Å²) in [6.07, 6.45) is 69.7. The standard InChI is InChI=1S/C56H84O6/c1-4-7-10-13-16-19-22-25-26-27-28-29-32-34-37-40-43-46-49-55(58)61-52-53(62-56(59)50-47-44-41-38-35-31-24-21-18-15-12-9-6-3)51-60-54(57)48-45-42-39-36-33-30-23-20-17-14-11-8-5-2/h8-9,11-12,14-31,33,35,53H,4-7,10,13,32,34,36-52H2,1-3H3/b11-8+,12-9+,17-14+,18-15+,19-16+,23-20+,24-21+,25-22+,27-26+,29-28+,33-30+,35-31+. The summed E-state index contributed by atoms with van der Waals surface area (Å²) >= 11 is 0. The highest BCUT2D eigenvalue weighted by atomic mass is 16.6. The van der Waals surface area contributed by atoms with Crippen LogP contribution in [0.3, 0.4) is 0 Å². The van der Waals surface area contributed by atoms with Gasteiger partial charge in [-0.2, -0.15) is 0 Å². The number of carbonyl (C=O) groups excluding carboxylic acids is 3. The highest BCUT2D eigenvalue weighted by Crippen LogP contribution is 2.11. The zero-order chi connectivity index (χ0) is 45.1. The van der Waals surface area contributed by atoms with Crippen molar-refractivity contribution in [2.24, 2.45) is 0 Å². The van der Waals surface area contributed by atoms with Gasteiger partial charge >= 0.3 is 17.9 Å². The number of allylic oxidation sites excluding steroid dienone is 24. The summed E-state index contributed by atoms with van der Waals surface area (Å²) in [7, 11) is 0. The van der Waals surface area contributed by atoms with Crippen molar-refractivity contribution in [1.82, 2.24) is 0 Å². The molecule has 0 aromatic rings. The average molecular weight is 853 g/mol. The van der Waals surface area contributed by atoms with E-state index in [1.807, 2.05) is 72.9 Å². The van der Waals surface area contributed by atoms with Gasteiger partial charge in [0.2, 0.25) is 0 Å². The van der Waals surface area contributed by atoms with Gasteiger partial charge in [0.25, 0.3) is 0 Å². The fraction of sp³-hybridized carbons (Fsp3) is 0.518. The first kappa shape index (κ1) is 57.3. The van der Waals surface area contributed by atoms with E-state index < -0.39 is 6.10 Å². The van der Waals surface area contributed by atoms with Crippen molar-refractivity contribution in [3.8, 4) is 0 Å². The molecule has 0 N–H and O–H groups in total.